The lowest BCUT2D eigenvalue weighted by atomic mass is 9.99. The van der Waals surface area contributed by atoms with Crippen molar-refractivity contribution in [3.05, 3.63) is 18.2 Å². The van der Waals surface area contributed by atoms with Gasteiger partial charge < -0.3 is 10.0 Å². The number of carboxylic acid groups (broad SMARTS) is 1. The Labute approximate surface area is 91.9 Å². The maximum Gasteiger partial charge on any atom is 0.308 e. The van der Waals surface area contributed by atoms with Gasteiger partial charge in [-0.2, -0.15) is 0 Å². The predicted molar refractivity (Wildman–Crippen MR) is 54.5 cm³/mol. The van der Waals surface area contributed by atoms with Crippen molar-refractivity contribution in [3.8, 4) is 0 Å². The highest BCUT2D eigenvalue weighted by Gasteiger charge is 2.35. The van der Waals surface area contributed by atoms with Crippen LogP contribution in [0.1, 0.15) is 6.92 Å². The van der Waals surface area contributed by atoms with Gasteiger partial charge in [0.2, 0.25) is 5.95 Å². The summed E-state index contributed by atoms with van der Waals surface area (Å²) in [5.74, 6) is -1.28. The normalized spacial score (nSPS) is 24.8. The number of carboxylic acids is 1. The Hall–Kier alpha value is -1.72. The summed E-state index contributed by atoms with van der Waals surface area (Å²) < 4.78 is 12.6. The molecular formula is C10H12FN3O2. The third kappa shape index (κ3) is 1.95. The van der Waals surface area contributed by atoms with E-state index >= 15 is 0 Å². The Bertz CT molecular complexity index is 396. The van der Waals surface area contributed by atoms with Crippen LogP contribution >= 0.6 is 0 Å². The van der Waals surface area contributed by atoms with Gasteiger partial charge in [-0.3, -0.25) is 4.79 Å². The first-order chi connectivity index (χ1) is 7.58. The summed E-state index contributed by atoms with van der Waals surface area (Å²) in [6.07, 6.45) is 2.17. The number of aromatic nitrogens is 2. The molecule has 0 radical (unpaired) electrons. The molecule has 0 aromatic carbocycles. The molecule has 0 unspecified atom stereocenters. The zero-order chi connectivity index (χ0) is 11.7. The number of hydrogen-bond donors (Lipinski definition) is 1. The third-order valence-electron chi connectivity index (χ3n) is 2.82. The molecule has 0 bridgehead atoms. The number of carbonyl (C=O) groups is 1. The lowest BCUT2D eigenvalue weighted by Gasteiger charge is -2.14. The molecule has 1 aliphatic rings. The molecule has 0 aliphatic carbocycles. The van der Waals surface area contributed by atoms with E-state index in [1.807, 2.05) is 6.92 Å². The number of halogens is 1. The molecule has 1 saturated heterocycles. The number of hydrogen-bond acceptors (Lipinski definition) is 4. The van der Waals surface area contributed by atoms with E-state index in [9.17, 15) is 9.18 Å². The second-order valence-corrected chi connectivity index (χ2v) is 4.03. The first kappa shape index (κ1) is 10.8. The standard InChI is InChI=1S/C10H12FN3O2/c1-6-4-14(5-8(6)9(15)16)10-12-2-7(11)3-13-10/h2-3,6,8H,4-5H2,1H3,(H,15,16)/t6-,8-/m1/s1. The number of nitrogens with zero attached hydrogens (tertiary/aromatic N) is 3. The van der Waals surface area contributed by atoms with Crippen LogP contribution < -0.4 is 4.90 Å². The van der Waals surface area contributed by atoms with Gasteiger partial charge in [-0.25, -0.2) is 14.4 Å². The van der Waals surface area contributed by atoms with Gasteiger partial charge in [0.05, 0.1) is 18.3 Å². The molecule has 0 spiro atoms. The molecule has 1 N–H and O–H groups in total. The van der Waals surface area contributed by atoms with E-state index in [0.29, 0.717) is 19.0 Å². The summed E-state index contributed by atoms with van der Waals surface area (Å²) in [4.78, 5) is 20.4. The van der Waals surface area contributed by atoms with Crippen molar-refractivity contribution >= 4 is 11.9 Å². The van der Waals surface area contributed by atoms with Gasteiger partial charge in [0.1, 0.15) is 0 Å². The highest BCUT2D eigenvalue weighted by molar-refractivity contribution is 5.72. The van der Waals surface area contributed by atoms with Crippen LogP contribution in [0.15, 0.2) is 12.4 Å². The van der Waals surface area contributed by atoms with Crippen LogP contribution in [0.3, 0.4) is 0 Å². The molecule has 16 heavy (non-hydrogen) atoms. The van der Waals surface area contributed by atoms with Gasteiger partial charge in [0.15, 0.2) is 5.82 Å². The highest BCUT2D eigenvalue weighted by atomic mass is 19.1. The monoisotopic (exact) mass is 225 g/mol. The molecule has 1 fully saturated rings. The molecule has 86 valence electrons. The average molecular weight is 225 g/mol. The Morgan fingerprint density at radius 1 is 1.50 bits per heavy atom. The average Bonchev–Trinajstić information content (AvgIpc) is 2.61. The second-order valence-electron chi connectivity index (χ2n) is 4.03. The molecule has 2 atom stereocenters. The molecule has 6 heteroatoms. The Morgan fingerprint density at radius 3 is 2.62 bits per heavy atom. The van der Waals surface area contributed by atoms with Crippen molar-refractivity contribution in [1.82, 2.24) is 9.97 Å². The summed E-state index contributed by atoms with van der Waals surface area (Å²) in [5.41, 5.74) is 0. The molecule has 0 saturated carbocycles. The number of rotatable bonds is 2. The summed E-state index contributed by atoms with van der Waals surface area (Å²) in [6.45, 7) is 2.84. The fourth-order valence-electron chi connectivity index (χ4n) is 1.92. The van der Waals surface area contributed by atoms with Crippen molar-refractivity contribution in [3.63, 3.8) is 0 Å². The molecule has 1 aliphatic heterocycles. The zero-order valence-electron chi connectivity index (χ0n) is 8.80. The van der Waals surface area contributed by atoms with Gasteiger partial charge >= 0.3 is 5.97 Å². The summed E-state index contributed by atoms with van der Waals surface area (Å²) in [6, 6.07) is 0. The van der Waals surface area contributed by atoms with Gasteiger partial charge in [-0.1, -0.05) is 6.92 Å². The smallest absolute Gasteiger partial charge is 0.308 e. The zero-order valence-corrected chi connectivity index (χ0v) is 8.80. The molecule has 2 heterocycles. The largest absolute Gasteiger partial charge is 0.481 e. The lowest BCUT2D eigenvalue weighted by Crippen LogP contribution is -2.24. The highest BCUT2D eigenvalue weighted by Crippen LogP contribution is 2.25. The van der Waals surface area contributed by atoms with E-state index in [2.05, 4.69) is 9.97 Å². The van der Waals surface area contributed by atoms with Crippen molar-refractivity contribution < 1.29 is 14.3 Å². The van der Waals surface area contributed by atoms with Crippen LogP contribution in [0.2, 0.25) is 0 Å². The molecular weight excluding hydrogens is 213 g/mol. The van der Waals surface area contributed by atoms with E-state index < -0.39 is 17.7 Å². The van der Waals surface area contributed by atoms with E-state index in [-0.39, 0.29) is 5.92 Å². The molecule has 0 amide bonds. The minimum Gasteiger partial charge on any atom is -0.481 e. The van der Waals surface area contributed by atoms with Crippen molar-refractivity contribution in [2.45, 2.75) is 6.92 Å². The Morgan fingerprint density at radius 2 is 2.12 bits per heavy atom. The minimum absolute atomic E-state index is 0.0474. The lowest BCUT2D eigenvalue weighted by molar-refractivity contribution is -0.142. The predicted octanol–water partition coefficient (Wildman–Crippen LogP) is 0.773. The first-order valence-corrected chi connectivity index (χ1v) is 5.03. The fourth-order valence-corrected chi connectivity index (χ4v) is 1.92. The van der Waals surface area contributed by atoms with Crippen LogP contribution in [0, 0.1) is 17.7 Å². The molecule has 1 aromatic rings. The van der Waals surface area contributed by atoms with Crippen LogP contribution in [-0.2, 0) is 4.79 Å². The maximum absolute atomic E-state index is 12.6. The molecule has 1 aromatic heterocycles. The second kappa shape index (κ2) is 4.03. The van der Waals surface area contributed by atoms with E-state index in [0.717, 1.165) is 12.4 Å². The number of anilines is 1. The summed E-state index contributed by atoms with van der Waals surface area (Å²) in [5, 5.41) is 8.96. The Kier molecular flexibility index (Phi) is 2.72. The fraction of sp³-hybridized carbons (Fsp3) is 0.500. The van der Waals surface area contributed by atoms with E-state index in [1.165, 1.54) is 0 Å². The summed E-state index contributed by atoms with van der Waals surface area (Å²) >= 11 is 0. The maximum atomic E-state index is 12.6. The van der Waals surface area contributed by atoms with E-state index in [1.54, 1.807) is 4.90 Å². The van der Waals surface area contributed by atoms with Crippen LogP contribution in [0.4, 0.5) is 10.3 Å². The van der Waals surface area contributed by atoms with Crippen LogP contribution in [0.5, 0.6) is 0 Å². The third-order valence-corrected chi connectivity index (χ3v) is 2.82. The number of aliphatic carboxylic acids is 1. The van der Waals surface area contributed by atoms with Crippen molar-refractivity contribution in [2.24, 2.45) is 11.8 Å². The van der Waals surface area contributed by atoms with Gasteiger partial charge in [-0.15, -0.1) is 0 Å². The Balaban J connectivity index is 2.13. The van der Waals surface area contributed by atoms with Crippen LogP contribution in [0.25, 0.3) is 0 Å². The summed E-state index contributed by atoms with van der Waals surface area (Å²) in [7, 11) is 0. The van der Waals surface area contributed by atoms with Gasteiger partial charge in [0, 0.05) is 13.1 Å². The minimum atomic E-state index is -0.808. The molecule has 2 rings (SSSR count). The van der Waals surface area contributed by atoms with Gasteiger partial charge in [-0.05, 0) is 5.92 Å². The van der Waals surface area contributed by atoms with E-state index in [4.69, 9.17) is 5.11 Å². The SMILES string of the molecule is C[C@@H]1CN(c2ncc(F)cn2)C[C@H]1C(=O)O. The van der Waals surface area contributed by atoms with Crippen molar-refractivity contribution in [1.29, 1.82) is 0 Å². The topological polar surface area (TPSA) is 66.3 Å². The quantitative estimate of drug-likeness (QED) is 0.805. The van der Waals surface area contributed by atoms with Crippen LogP contribution in [-0.4, -0.2) is 34.1 Å². The van der Waals surface area contributed by atoms with Crippen molar-refractivity contribution in [2.75, 3.05) is 18.0 Å². The molecule has 5 nitrogen and oxygen atoms in total. The van der Waals surface area contributed by atoms with Gasteiger partial charge in [0.25, 0.3) is 0 Å². The first-order valence-electron chi connectivity index (χ1n) is 5.03.